The first-order chi connectivity index (χ1) is 4.83. The summed E-state index contributed by atoms with van der Waals surface area (Å²) in [5, 5.41) is 7.04. The summed E-state index contributed by atoms with van der Waals surface area (Å²) in [7, 11) is 0. The van der Waals surface area contributed by atoms with Crippen LogP contribution in [-0.2, 0) is 11.3 Å². The highest BCUT2D eigenvalue weighted by molar-refractivity contribution is 5.04. The van der Waals surface area contributed by atoms with E-state index in [-0.39, 0.29) is 6.01 Å². The van der Waals surface area contributed by atoms with Crippen LogP contribution in [0.25, 0.3) is 0 Å². The standard InChI is InChI=1S/C5H9N3O2/c1-2-9-3-4-7-8-5(6)10-4/h2-3H2,1H3,(H2,6,8). The Bertz CT molecular complexity index is 199. The molecule has 56 valence electrons. The Morgan fingerprint density at radius 3 is 2.90 bits per heavy atom. The molecule has 0 aliphatic carbocycles. The van der Waals surface area contributed by atoms with E-state index in [2.05, 4.69) is 10.2 Å². The zero-order valence-corrected chi connectivity index (χ0v) is 5.70. The summed E-state index contributed by atoms with van der Waals surface area (Å²) >= 11 is 0. The second-order valence-electron chi connectivity index (χ2n) is 1.67. The van der Waals surface area contributed by atoms with Crippen molar-refractivity contribution in [1.82, 2.24) is 10.2 Å². The number of hydrogen-bond donors (Lipinski definition) is 1. The summed E-state index contributed by atoms with van der Waals surface area (Å²) in [5.41, 5.74) is 5.15. The Labute approximate surface area is 58.2 Å². The van der Waals surface area contributed by atoms with Crippen molar-refractivity contribution in [3.05, 3.63) is 5.89 Å². The average molecular weight is 143 g/mol. The quantitative estimate of drug-likeness (QED) is 0.653. The monoisotopic (exact) mass is 143 g/mol. The van der Waals surface area contributed by atoms with Gasteiger partial charge in [-0.2, -0.15) is 0 Å². The van der Waals surface area contributed by atoms with Crippen LogP contribution in [0, 0.1) is 0 Å². The van der Waals surface area contributed by atoms with Gasteiger partial charge in [0.1, 0.15) is 6.61 Å². The van der Waals surface area contributed by atoms with E-state index in [1.807, 2.05) is 6.92 Å². The number of nitrogens with zero attached hydrogens (tertiary/aromatic N) is 2. The van der Waals surface area contributed by atoms with Crippen LogP contribution >= 0.6 is 0 Å². The molecule has 2 N–H and O–H groups in total. The SMILES string of the molecule is CCOCc1nnc(N)o1. The zero-order chi connectivity index (χ0) is 7.40. The lowest BCUT2D eigenvalue weighted by Gasteiger charge is -1.91. The van der Waals surface area contributed by atoms with Gasteiger partial charge in [-0.25, -0.2) is 0 Å². The van der Waals surface area contributed by atoms with E-state index in [9.17, 15) is 0 Å². The van der Waals surface area contributed by atoms with Gasteiger partial charge in [0.15, 0.2) is 0 Å². The molecule has 0 aliphatic rings. The minimum atomic E-state index is 0.0784. The van der Waals surface area contributed by atoms with Crippen molar-refractivity contribution in [3.8, 4) is 0 Å². The maximum absolute atomic E-state index is 5.15. The summed E-state index contributed by atoms with van der Waals surface area (Å²) in [6, 6.07) is 0.0784. The predicted octanol–water partition coefficient (Wildman–Crippen LogP) is 0.188. The molecule has 0 unspecified atom stereocenters. The number of ether oxygens (including phenoxy) is 1. The Hall–Kier alpha value is -1.10. The van der Waals surface area contributed by atoms with Crippen molar-refractivity contribution in [1.29, 1.82) is 0 Å². The molecule has 0 bridgehead atoms. The Balaban J connectivity index is 2.42. The minimum absolute atomic E-state index is 0.0784. The van der Waals surface area contributed by atoms with Crippen LogP contribution in [0.2, 0.25) is 0 Å². The number of nitrogen functional groups attached to an aromatic ring is 1. The molecule has 0 aromatic carbocycles. The fourth-order valence-electron chi connectivity index (χ4n) is 0.514. The van der Waals surface area contributed by atoms with Crippen molar-refractivity contribution < 1.29 is 9.15 Å². The molecule has 0 atom stereocenters. The van der Waals surface area contributed by atoms with Crippen LogP contribution in [0.3, 0.4) is 0 Å². The molecular weight excluding hydrogens is 134 g/mol. The zero-order valence-electron chi connectivity index (χ0n) is 5.70. The lowest BCUT2D eigenvalue weighted by molar-refractivity contribution is 0.115. The third-order valence-electron chi connectivity index (χ3n) is 0.912. The molecule has 1 aromatic heterocycles. The van der Waals surface area contributed by atoms with Gasteiger partial charge in [0.05, 0.1) is 0 Å². The number of hydrogen-bond acceptors (Lipinski definition) is 5. The first kappa shape index (κ1) is 7.01. The van der Waals surface area contributed by atoms with Gasteiger partial charge in [0.25, 0.3) is 0 Å². The maximum Gasteiger partial charge on any atom is 0.312 e. The van der Waals surface area contributed by atoms with Gasteiger partial charge >= 0.3 is 6.01 Å². The summed E-state index contributed by atoms with van der Waals surface area (Å²) in [6.07, 6.45) is 0. The number of aromatic nitrogens is 2. The topological polar surface area (TPSA) is 74.2 Å². The average Bonchev–Trinajstić information content (AvgIpc) is 2.31. The lowest BCUT2D eigenvalue weighted by Crippen LogP contribution is -1.91. The normalized spacial score (nSPS) is 10.1. The lowest BCUT2D eigenvalue weighted by atomic mass is 10.7. The molecule has 1 rings (SSSR count). The second kappa shape index (κ2) is 3.17. The van der Waals surface area contributed by atoms with Gasteiger partial charge in [-0.05, 0) is 6.92 Å². The molecule has 0 saturated heterocycles. The number of rotatable bonds is 3. The van der Waals surface area contributed by atoms with Crippen molar-refractivity contribution in [3.63, 3.8) is 0 Å². The highest BCUT2D eigenvalue weighted by Gasteiger charge is 2.00. The summed E-state index contributed by atoms with van der Waals surface area (Å²) in [4.78, 5) is 0. The summed E-state index contributed by atoms with van der Waals surface area (Å²) in [5.74, 6) is 0.416. The molecule has 5 heteroatoms. The van der Waals surface area contributed by atoms with E-state index in [0.29, 0.717) is 19.1 Å². The molecule has 0 fully saturated rings. The van der Waals surface area contributed by atoms with E-state index < -0.39 is 0 Å². The van der Waals surface area contributed by atoms with Gasteiger partial charge in [-0.1, -0.05) is 5.10 Å². The third kappa shape index (κ3) is 1.70. The van der Waals surface area contributed by atoms with Crippen LogP contribution < -0.4 is 5.73 Å². The highest BCUT2D eigenvalue weighted by Crippen LogP contribution is 2.00. The van der Waals surface area contributed by atoms with Crippen LogP contribution in [0.5, 0.6) is 0 Å². The third-order valence-corrected chi connectivity index (χ3v) is 0.912. The van der Waals surface area contributed by atoms with Gasteiger partial charge in [-0.15, -0.1) is 5.10 Å². The molecule has 1 aromatic rings. The van der Waals surface area contributed by atoms with Crippen molar-refractivity contribution in [2.45, 2.75) is 13.5 Å². The van der Waals surface area contributed by atoms with E-state index in [1.54, 1.807) is 0 Å². The molecule has 10 heavy (non-hydrogen) atoms. The largest absolute Gasteiger partial charge is 0.406 e. The number of nitrogens with two attached hydrogens (primary N) is 1. The Morgan fingerprint density at radius 1 is 1.60 bits per heavy atom. The minimum Gasteiger partial charge on any atom is -0.406 e. The molecule has 0 amide bonds. The summed E-state index contributed by atoms with van der Waals surface area (Å²) < 4.78 is 9.80. The van der Waals surface area contributed by atoms with Gasteiger partial charge in [0, 0.05) is 6.61 Å². The molecule has 1 heterocycles. The van der Waals surface area contributed by atoms with E-state index in [0.717, 1.165) is 0 Å². The van der Waals surface area contributed by atoms with Crippen LogP contribution in [0.4, 0.5) is 6.01 Å². The molecular formula is C5H9N3O2. The first-order valence-electron chi connectivity index (χ1n) is 2.98. The fourth-order valence-corrected chi connectivity index (χ4v) is 0.514. The Morgan fingerprint density at radius 2 is 2.40 bits per heavy atom. The molecule has 0 aliphatic heterocycles. The van der Waals surface area contributed by atoms with Crippen LogP contribution in [0.15, 0.2) is 4.42 Å². The van der Waals surface area contributed by atoms with Gasteiger partial charge < -0.3 is 14.9 Å². The number of anilines is 1. The second-order valence-corrected chi connectivity index (χ2v) is 1.67. The maximum atomic E-state index is 5.15. The Kier molecular flexibility index (Phi) is 2.22. The van der Waals surface area contributed by atoms with Crippen LogP contribution in [0.1, 0.15) is 12.8 Å². The summed E-state index contributed by atoms with van der Waals surface area (Å²) in [6.45, 7) is 2.85. The fraction of sp³-hybridized carbons (Fsp3) is 0.600. The molecule has 0 radical (unpaired) electrons. The molecule has 5 nitrogen and oxygen atoms in total. The van der Waals surface area contributed by atoms with Crippen molar-refractivity contribution in [2.75, 3.05) is 12.3 Å². The van der Waals surface area contributed by atoms with Gasteiger partial charge in [0.2, 0.25) is 5.89 Å². The van der Waals surface area contributed by atoms with Crippen molar-refractivity contribution in [2.24, 2.45) is 0 Å². The molecule has 0 saturated carbocycles. The molecule has 0 spiro atoms. The van der Waals surface area contributed by atoms with E-state index in [4.69, 9.17) is 14.9 Å². The van der Waals surface area contributed by atoms with E-state index in [1.165, 1.54) is 0 Å². The predicted molar refractivity (Wildman–Crippen MR) is 34.0 cm³/mol. The smallest absolute Gasteiger partial charge is 0.312 e. The highest BCUT2D eigenvalue weighted by atomic mass is 16.5. The van der Waals surface area contributed by atoms with Crippen molar-refractivity contribution >= 4 is 6.01 Å². The van der Waals surface area contributed by atoms with E-state index >= 15 is 0 Å². The van der Waals surface area contributed by atoms with Crippen LogP contribution in [-0.4, -0.2) is 16.8 Å². The first-order valence-corrected chi connectivity index (χ1v) is 2.98. The van der Waals surface area contributed by atoms with Gasteiger partial charge in [-0.3, -0.25) is 0 Å².